The van der Waals surface area contributed by atoms with Crippen molar-refractivity contribution >= 4 is 11.8 Å². The molecule has 0 atom stereocenters. The topological polar surface area (TPSA) is 130 Å². The van der Waals surface area contributed by atoms with Crippen LogP contribution >= 0.6 is 0 Å². The summed E-state index contributed by atoms with van der Waals surface area (Å²) < 4.78 is 31.8. The molecule has 37 heavy (non-hydrogen) atoms. The minimum absolute atomic E-state index is 0.0780. The van der Waals surface area contributed by atoms with Crippen molar-refractivity contribution in [3.63, 3.8) is 0 Å². The SMILES string of the molecule is C=CC(=O)COCC1(CC)COC(C)(C)OC1.C=CC(=O)OC.CCC1(CO)COC(C)(C)OC1.CO. The molecule has 2 rings (SSSR count). The van der Waals surface area contributed by atoms with Gasteiger partial charge in [-0.1, -0.05) is 27.0 Å². The molecule has 0 aromatic rings. The van der Waals surface area contributed by atoms with Crippen LogP contribution in [0, 0.1) is 10.8 Å². The standard InChI is InChI=1S/C13H22O4.C9H18O3.C4H6O2.CH4O/c1-5-11(14)7-15-8-13(6-2)9-16-12(3,4)17-10-13;1-4-9(5-10)6-11-8(2,3)12-7-9;1-3-4(5)6-2;1-2/h5H,1,6-10H2,2-4H3;10H,4-7H2,1-3H3;3H,1H2,2H3;2H,1H3. The van der Waals surface area contributed by atoms with Crippen molar-refractivity contribution < 1.29 is 48.2 Å². The van der Waals surface area contributed by atoms with Crippen molar-refractivity contribution in [2.24, 2.45) is 10.8 Å². The molecule has 0 aliphatic carbocycles. The first-order valence-corrected chi connectivity index (χ1v) is 12.3. The van der Waals surface area contributed by atoms with Crippen molar-refractivity contribution in [3.05, 3.63) is 25.3 Å². The van der Waals surface area contributed by atoms with Gasteiger partial charge in [0.2, 0.25) is 0 Å². The molecule has 10 heteroatoms. The van der Waals surface area contributed by atoms with Crippen LogP contribution in [-0.2, 0) is 38.0 Å². The fourth-order valence-electron chi connectivity index (χ4n) is 2.78. The average molecular weight is 535 g/mol. The zero-order chi connectivity index (χ0) is 29.2. The maximum absolute atomic E-state index is 11.0. The van der Waals surface area contributed by atoms with Crippen molar-refractivity contribution in [1.82, 2.24) is 0 Å². The van der Waals surface area contributed by atoms with Gasteiger partial charge in [0, 0.05) is 24.0 Å². The molecule has 2 aliphatic heterocycles. The molecule has 10 nitrogen and oxygen atoms in total. The number of carbonyl (C=O) groups is 2. The first-order valence-electron chi connectivity index (χ1n) is 12.3. The Balaban J connectivity index is 0. The number of aliphatic hydroxyl groups excluding tert-OH is 2. The highest BCUT2D eigenvalue weighted by molar-refractivity contribution is 5.90. The normalized spacial score (nSPS) is 20.2. The summed E-state index contributed by atoms with van der Waals surface area (Å²) >= 11 is 0. The predicted molar refractivity (Wildman–Crippen MR) is 141 cm³/mol. The number of ether oxygens (including phenoxy) is 6. The van der Waals surface area contributed by atoms with Gasteiger partial charge in [0.1, 0.15) is 6.61 Å². The number of ketones is 1. The van der Waals surface area contributed by atoms with Gasteiger partial charge in [-0.25, -0.2) is 4.79 Å². The van der Waals surface area contributed by atoms with Gasteiger partial charge in [-0.05, 0) is 46.6 Å². The van der Waals surface area contributed by atoms with Gasteiger partial charge < -0.3 is 38.6 Å². The summed E-state index contributed by atoms with van der Waals surface area (Å²) in [7, 11) is 2.31. The molecule has 2 saturated heterocycles. The minimum atomic E-state index is -0.518. The van der Waals surface area contributed by atoms with Crippen LogP contribution in [0.3, 0.4) is 0 Å². The molecule has 0 amide bonds. The van der Waals surface area contributed by atoms with Gasteiger partial charge in [-0.15, -0.1) is 0 Å². The van der Waals surface area contributed by atoms with Crippen LogP contribution in [-0.4, -0.2) is 94.0 Å². The second kappa shape index (κ2) is 18.6. The Bertz CT molecular complexity index is 646. The third-order valence-electron chi connectivity index (χ3n) is 5.99. The molecule has 2 heterocycles. The molecular formula is C27H50O10. The number of aliphatic hydroxyl groups is 2. The first kappa shape index (κ1) is 37.5. The van der Waals surface area contributed by atoms with E-state index in [0.717, 1.165) is 26.0 Å². The van der Waals surface area contributed by atoms with Crippen LogP contribution in [0.2, 0.25) is 0 Å². The number of esters is 1. The predicted octanol–water partition coefficient (Wildman–Crippen LogP) is 3.05. The van der Waals surface area contributed by atoms with Gasteiger partial charge in [0.15, 0.2) is 17.4 Å². The summed E-state index contributed by atoms with van der Waals surface area (Å²) in [6.07, 6.45) is 4.17. The summed E-state index contributed by atoms with van der Waals surface area (Å²) in [6, 6.07) is 0. The van der Waals surface area contributed by atoms with Gasteiger partial charge in [-0.3, -0.25) is 4.79 Å². The van der Waals surface area contributed by atoms with E-state index in [0.29, 0.717) is 33.0 Å². The van der Waals surface area contributed by atoms with E-state index in [4.69, 9.17) is 33.9 Å². The summed E-state index contributed by atoms with van der Waals surface area (Å²) in [5.41, 5.74) is -0.313. The Kier molecular flexibility index (Phi) is 18.8. The molecule has 0 saturated carbocycles. The van der Waals surface area contributed by atoms with E-state index in [2.05, 4.69) is 24.8 Å². The lowest BCUT2D eigenvalue weighted by Crippen LogP contribution is -2.48. The summed E-state index contributed by atoms with van der Waals surface area (Å²) in [5.74, 6) is -1.49. The minimum Gasteiger partial charge on any atom is -0.466 e. The maximum Gasteiger partial charge on any atom is 0.329 e. The van der Waals surface area contributed by atoms with E-state index in [9.17, 15) is 9.59 Å². The molecule has 2 fully saturated rings. The molecule has 0 spiro atoms. The van der Waals surface area contributed by atoms with Crippen molar-refractivity contribution in [2.45, 2.75) is 66.0 Å². The van der Waals surface area contributed by atoms with Gasteiger partial charge >= 0.3 is 5.97 Å². The van der Waals surface area contributed by atoms with Gasteiger partial charge in [0.25, 0.3) is 0 Å². The quantitative estimate of drug-likeness (QED) is 0.336. The van der Waals surface area contributed by atoms with Crippen LogP contribution in [0.5, 0.6) is 0 Å². The Hall–Kier alpha value is -1.66. The Morgan fingerprint density at radius 3 is 1.51 bits per heavy atom. The highest BCUT2D eigenvalue weighted by Gasteiger charge is 2.39. The number of hydrogen-bond donors (Lipinski definition) is 2. The van der Waals surface area contributed by atoms with Crippen LogP contribution in [0.25, 0.3) is 0 Å². The van der Waals surface area contributed by atoms with Crippen LogP contribution < -0.4 is 0 Å². The number of rotatable bonds is 9. The molecular weight excluding hydrogens is 484 g/mol. The monoisotopic (exact) mass is 534 g/mol. The van der Waals surface area contributed by atoms with E-state index in [1.807, 2.05) is 34.6 Å². The van der Waals surface area contributed by atoms with Crippen LogP contribution in [0.1, 0.15) is 54.4 Å². The fraction of sp³-hybridized carbons (Fsp3) is 0.778. The van der Waals surface area contributed by atoms with Gasteiger partial charge in [-0.2, -0.15) is 0 Å². The molecule has 2 N–H and O–H groups in total. The third-order valence-corrected chi connectivity index (χ3v) is 5.99. The highest BCUT2D eigenvalue weighted by Crippen LogP contribution is 2.33. The second-order valence-electron chi connectivity index (χ2n) is 9.71. The van der Waals surface area contributed by atoms with Crippen molar-refractivity contribution in [1.29, 1.82) is 0 Å². The largest absolute Gasteiger partial charge is 0.466 e. The smallest absolute Gasteiger partial charge is 0.329 e. The number of methoxy groups -OCH3 is 1. The molecule has 2 aliphatic rings. The van der Waals surface area contributed by atoms with Crippen molar-refractivity contribution in [3.8, 4) is 0 Å². The van der Waals surface area contributed by atoms with Crippen LogP contribution in [0.15, 0.2) is 25.3 Å². The zero-order valence-electron chi connectivity index (χ0n) is 24.1. The first-order chi connectivity index (χ1) is 17.3. The molecule has 0 aromatic heterocycles. The lowest BCUT2D eigenvalue weighted by molar-refractivity contribution is -0.292. The molecule has 0 radical (unpaired) electrons. The van der Waals surface area contributed by atoms with Gasteiger partial charge in [0.05, 0.1) is 46.8 Å². The Morgan fingerprint density at radius 1 is 0.838 bits per heavy atom. The molecule has 0 bridgehead atoms. The Labute approximate surface area is 222 Å². The summed E-state index contributed by atoms with van der Waals surface area (Å²) in [5, 5.41) is 16.2. The molecule has 0 unspecified atom stereocenters. The number of carbonyl (C=O) groups excluding carboxylic acids is 2. The average Bonchev–Trinajstić information content (AvgIpc) is 2.91. The zero-order valence-corrected chi connectivity index (χ0v) is 24.1. The van der Waals surface area contributed by atoms with E-state index < -0.39 is 17.5 Å². The van der Waals surface area contributed by atoms with E-state index in [1.54, 1.807) is 0 Å². The second-order valence-corrected chi connectivity index (χ2v) is 9.71. The lowest BCUT2D eigenvalue weighted by atomic mass is 9.87. The molecule has 0 aromatic carbocycles. The fourth-order valence-corrected chi connectivity index (χ4v) is 2.78. The van der Waals surface area contributed by atoms with E-state index >= 15 is 0 Å². The van der Waals surface area contributed by atoms with E-state index in [1.165, 1.54) is 13.2 Å². The third kappa shape index (κ3) is 15.4. The van der Waals surface area contributed by atoms with E-state index in [-0.39, 0.29) is 29.8 Å². The summed E-state index contributed by atoms with van der Waals surface area (Å²) in [6.45, 7) is 21.3. The van der Waals surface area contributed by atoms with Crippen molar-refractivity contribution in [2.75, 3.05) is 60.5 Å². The van der Waals surface area contributed by atoms with Crippen LogP contribution in [0.4, 0.5) is 0 Å². The lowest BCUT2D eigenvalue weighted by Gasteiger charge is -2.42. The summed E-state index contributed by atoms with van der Waals surface area (Å²) in [4.78, 5) is 20.9. The highest BCUT2D eigenvalue weighted by atomic mass is 16.7. The maximum atomic E-state index is 11.0. The Morgan fingerprint density at radius 2 is 1.24 bits per heavy atom. The molecule has 218 valence electrons. The number of hydrogen-bond acceptors (Lipinski definition) is 10.